The fraction of sp³-hybridized carbons (Fsp3) is 0.286. The van der Waals surface area contributed by atoms with E-state index >= 15 is 0 Å². The highest BCUT2D eigenvalue weighted by molar-refractivity contribution is 6.51. The Morgan fingerprint density at radius 1 is 1.03 bits per heavy atom. The molecule has 1 aromatic heterocycles. The average molecular weight is 492 g/mol. The third-order valence-electron chi connectivity index (χ3n) is 5.92. The number of rotatable bonds is 8. The van der Waals surface area contributed by atoms with Gasteiger partial charge in [-0.2, -0.15) is 0 Å². The van der Waals surface area contributed by atoms with E-state index in [-0.39, 0.29) is 11.3 Å². The average Bonchev–Trinajstić information content (AvgIpc) is 3.49. The van der Waals surface area contributed by atoms with Crippen LogP contribution in [-0.2, 0) is 9.59 Å². The summed E-state index contributed by atoms with van der Waals surface area (Å²) < 4.78 is 22.1. The van der Waals surface area contributed by atoms with Gasteiger partial charge in [-0.05, 0) is 60.9 Å². The number of methoxy groups -OCH3 is 2. The standard InChI is InChI=1S/C28H29NO7/c1-16(2)15-36-20-10-8-18(13-17(20)3)26(30)24-25(22-7-6-12-35-22)29(28(32)27(24)31)19-9-11-21(33-4)23(14-19)34-5/h6-14,16,25,30H,15H2,1-5H3/b26-24-. The summed E-state index contributed by atoms with van der Waals surface area (Å²) in [5, 5.41) is 11.3. The summed E-state index contributed by atoms with van der Waals surface area (Å²) in [5.74, 6) is 0.341. The fourth-order valence-corrected chi connectivity index (χ4v) is 4.16. The third kappa shape index (κ3) is 4.54. The van der Waals surface area contributed by atoms with Crippen LogP contribution < -0.4 is 19.1 Å². The summed E-state index contributed by atoms with van der Waals surface area (Å²) in [6.07, 6.45) is 1.45. The number of anilines is 1. The highest BCUT2D eigenvalue weighted by atomic mass is 16.5. The first-order valence-corrected chi connectivity index (χ1v) is 11.6. The molecule has 1 amide bonds. The summed E-state index contributed by atoms with van der Waals surface area (Å²) in [5.41, 5.74) is 1.51. The lowest BCUT2D eigenvalue weighted by Crippen LogP contribution is -2.29. The highest BCUT2D eigenvalue weighted by Crippen LogP contribution is 2.44. The van der Waals surface area contributed by atoms with E-state index in [0.717, 1.165) is 5.56 Å². The number of aliphatic hydroxyl groups excluding tert-OH is 1. The summed E-state index contributed by atoms with van der Waals surface area (Å²) in [7, 11) is 2.99. The van der Waals surface area contributed by atoms with Crippen LogP contribution in [0.5, 0.6) is 17.2 Å². The molecule has 188 valence electrons. The van der Waals surface area contributed by atoms with Crippen LogP contribution in [-0.4, -0.2) is 37.6 Å². The lowest BCUT2D eigenvalue weighted by molar-refractivity contribution is -0.132. The second-order valence-electron chi connectivity index (χ2n) is 8.91. The Hall–Kier alpha value is -4.20. The lowest BCUT2D eigenvalue weighted by atomic mass is 9.98. The van der Waals surface area contributed by atoms with E-state index < -0.39 is 17.7 Å². The Morgan fingerprint density at radius 2 is 1.75 bits per heavy atom. The van der Waals surface area contributed by atoms with E-state index in [4.69, 9.17) is 18.6 Å². The number of aryl methyl sites for hydroxylation is 1. The van der Waals surface area contributed by atoms with Crippen LogP contribution in [0.2, 0.25) is 0 Å². The first-order valence-electron chi connectivity index (χ1n) is 11.6. The molecule has 0 saturated carbocycles. The van der Waals surface area contributed by atoms with E-state index in [1.54, 1.807) is 48.5 Å². The number of hydrogen-bond donors (Lipinski definition) is 1. The van der Waals surface area contributed by atoms with Gasteiger partial charge in [0.25, 0.3) is 11.7 Å². The van der Waals surface area contributed by atoms with Crippen LogP contribution in [0.1, 0.15) is 36.8 Å². The number of benzene rings is 2. The van der Waals surface area contributed by atoms with Crippen molar-refractivity contribution in [1.29, 1.82) is 0 Å². The van der Waals surface area contributed by atoms with Crippen LogP contribution in [0.4, 0.5) is 5.69 Å². The quantitative estimate of drug-likeness (QED) is 0.260. The van der Waals surface area contributed by atoms with Gasteiger partial charge in [0.15, 0.2) is 11.5 Å². The van der Waals surface area contributed by atoms with Crippen LogP contribution in [0.3, 0.4) is 0 Å². The van der Waals surface area contributed by atoms with Crippen molar-refractivity contribution in [2.75, 3.05) is 25.7 Å². The lowest BCUT2D eigenvalue weighted by Gasteiger charge is -2.24. The number of aliphatic hydroxyl groups is 1. The normalized spacial score (nSPS) is 17.1. The maximum absolute atomic E-state index is 13.3. The molecule has 3 aromatic rings. The molecule has 36 heavy (non-hydrogen) atoms. The predicted molar refractivity (Wildman–Crippen MR) is 135 cm³/mol. The maximum atomic E-state index is 13.3. The topological polar surface area (TPSA) is 98.4 Å². The van der Waals surface area contributed by atoms with Gasteiger partial charge in [-0.3, -0.25) is 14.5 Å². The van der Waals surface area contributed by atoms with Crippen molar-refractivity contribution in [3.8, 4) is 17.2 Å². The minimum absolute atomic E-state index is 0.0695. The number of ether oxygens (including phenoxy) is 3. The van der Waals surface area contributed by atoms with E-state index in [2.05, 4.69) is 13.8 Å². The van der Waals surface area contributed by atoms with Crippen molar-refractivity contribution in [1.82, 2.24) is 0 Å². The Labute approximate surface area is 209 Å². The van der Waals surface area contributed by atoms with Gasteiger partial charge in [0, 0.05) is 17.3 Å². The number of nitrogens with zero attached hydrogens (tertiary/aromatic N) is 1. The van der Waals surface area contributed by atoms with Crippen LogP contribution in [0.25, 0.3) is 5.76 Å². The first kappa shape index (κ1) is 24.9. The monoisotopic (exact) mass is 491 g/mol. The van der Waals surface area contributed by atoms with Crippen molar-refractivity contribution >= 4 is 23.1 Å². The van der Waals surface area contributed by atoms with Crippen LogP contribution >= 0.6 is 0 Å². The fourth-order valence-electron chi connectivity index (χ4n) is 4.16. The molecule has 1 fully saturated rings. The first-order chi connectivity index (χ1) is 17.3. The molecule has 1 aliphatic rings. The molecule has 0 aliphatic carbocycles. The second-order valence-corrected chi connectivity index (χ2v) is 8.91. The molecule has 0 radical (unpaired) electrons. The van der Waals surface area contributed by atoms with Gasteiger partial charge in [0.05, 0.1) is 32.7 Å². The molecule has 1 atom stereocenters. The van der Waals surface area contributed by atoms with Crippen molar-refractivity contribution in [3.63, 3.8) is 0 Å². The molecule has 4 rings (SSSR count). The van der Waals surface area contributed by atoms with Crippen molar-refractivity contribution < 1.29 is 33.3 Å². The van der Waals surface area contributed by atoms with Crippen LogP contribution in [0, 0.1) is 12.8 Å². The molecule has 1 saturated heterocycles. The third-order valence-corrected chi connectivity index (χ3v) is 5.92. The minimum Gasteiger partial charge on any atom is -0.507 e. The molecular formula is C28H29NO7. The van der Waals surface area contributed by atoms with Gasteiger partial charge in [0.1, 0.15) is 23.3 Å². The molecule has 8 nitrogen and oxygen atoms in total. The van der Waals surface area contributed by atoms with E-state index in [9.17, 15) is 14.7 Å². The van der Waals surface area contributed by atoms with Crippen molar-refractivity contribution in [3.05, 3.63) is 77.3 Å². The van der Waals surface area contributed by atoms with Gasteiger partial charge in [-0.25, -0.2) is 0 Å². The Morgan fingerprint density at radius 3 is 2.36 bits per heavy atom. The number of furan rings is 1. The van der Waals surface area contributed by atoms with Gasteiger partial charge >= 0.3 is 0 Å². The Balaban J connectivity index is 1.82. The van der Waals surface area contributed by atoms with Crippen molar-refractivity contribution in [2.24, 2.45) is 5.92 Å². The summed E-state index contributed by atoms with van der Waals surface area (Å²) in [6.45, 7) is 6.53. The molecule has 0 bridgehead atoms. The summed E-state index contributed by atoms with van der Waals surface area (Å²) in [4.78, 5) is 27.9. The molecule has 0 spiro atoms. The number of carbonyl (C=O) groups excluding carboxylic acids is 2. The molecule has 2 heterocycles. The molecule has 1 N–H and O–H groups in total. The van der Waals surface area contributed by atoms with Gasteiger partial charge in [0.2, 0.25) is 0 Å². The molecule has 1 unspecified atom stereocenters. The molecule has 8 heteroatoms. The Kier molecular flexibility index (Phi) is 7.05. The second kappa shape index (κ2) is 10.2. The number of ketones is 1. The zero-order valence-electron chi connectivity index (χ0n) is 20.9. The van der Waals surface area contributed by atoms with Crippen LogP contribution in [0.15, 0.2) is 64.8 Å². The van der Waals surface area contributed by atoms with E-state index in [0.29, 0.717) is 46.8 Å². The summed E-state index contributed by atoms with van der Waals surface area (Å²) in [6, 6.07) is 12.4. The van der Waals surface area contributed by atoms with E-state index in [1.165, 1.54) is 25.4 Å². The number of Topliss-reactive ketones (excluding diaryl/α,β-unsaturated/α-hetero) is 1. The SMILES string of the molecule is COc1ccc(N2C(=O)C(=O)/C(=C(\O)c3ccc(OCC(C)C)c(C)c3)C2c2ccco2)cc1OC. The molecule has 1 aliphatic heterocycles. The van der Waals surface area contributed by atoms with Gasteiger partial charge in [-0.15, -0.1) is 0 Å². The Bertz CT molecular complexity index is 1310. The maximum Gasteiger partial charge on any atom is 0.300 e. The zero-order chi connectivity index (χ0) is 26.0. The van der Waals surface area contributed by atoms with Gasteiger partial charge < -0.3 is 23.7 Å². The smallest absolute Gasteiger partial charge is 0.300 e. The van der Waals surface area contributed by atoms with Gasteiger partial charge in [-0.1, -0.05) is 13.8 Å². The van der Waals surface area contributed by atoms with Crippen molar-refractivity contribution in [2.45, 2.75) is 26.8 Å². The predicted octanol–water partition coefficient (Wildman–Crippen LogP) is 5.27. The number of amides is 1. The largest absolute Gasteiger partial charge is 0.507 e. The zero-order valence-corrected chi connectivity index (χ0v) is 20.9. The minimum atomic E-state index is -0.977. The van der Waals surface area contributed by atoms with E-state index in [1.807, 2.05) is 6.92 Å². The number of hydrogen-bond acceptors (Lipinski definition) is 7. The molecule has 2 aromatic carbocycles. The number of carbonyl (C=O) groups is 2. The molecular weight excluding hydrogens is 462 g/mol. The summed E-state index contributed by atoms with van der Waals surface area (Å²) >= 11 is 0. The highest BCUT2D eigenvalue weighted by Gasteiger charge is 2.48.